The third-order valence-corrected chi connectivity index (χ3v) is 3.97. The highest BCUT2D eigenvalue weighted by Gasteiger charge is 2.10. The third-order valence-electron chi connectivity index (χ3n) is 3.97. The molecular formula is C21H34IN5O2. The molecule has 0 aliphatic heterocycles. The van der Waals surface area contributed by atoms with E-state index in [0.29, 0.717) is 25.4 Å². The van der Waals surface area contributed by atoms with E-state index < -0.39 is 0 Å². The summed E-state index contributed by atoms with van der Waals surface area (Å²) in [4.78, 5) is 9.09. The lowest BCUT2D eigenvalue weighted by Gasteiger charge is -2.15. The number of nitrogens with one attached hydrogen (secondary N) is 2. The van der Waals surface area contributed by atoms with E-state index in [4.69, 9.17) is 14.3 Å². The Balaban J connectivity index is 0.00000420. The zero-order valence-electron chi connectivity index (χ0n) is 18.3. The van der Waals surface area contributed by atoms with Gasteiger partial charge in [-0.3, -0.25) is 0 Å². The minimum atomic E-state index is 0. The molecule has 0 amide bonds. The van der Waals surface area contributed by atoms with Crippen LogP contribution < -0.4 is 15.4 Å². The monoisotopic (exact) mass is 515 g/mol. The molecule has 2 aromatic rings. The molecule has 8 heteroatoms. The van der Waals surface area contributed by atoms with Crippen LogP contribution in [0.4, 0.5) is 0 Å². The summed E-state index contributed by atoms with van der Waals surface area (Å²) in [6.45, 7) is 14.2. The van der Waals surface area contributed by atoms with Crippen LogP contribution in [0.25, 0.3) is 0 Å². The standard InChI is InChI=1S/C21H33N5O2.HI/c1-7-22-21(23-11-10-19-25-20(14(2)3)26-28-19)24-13-17-9-8-16(6)12-18(17)27-15(4)5;/h8-9,12,14-15H,7,10-11,13H2,1-6H3,(H2,22,23,24);1H. The highest BCUT2D eigenvalue weighted by Crippen LogP contribution is 2.22. The van der Waals surface area contributed by atoms with Crippen molar-refractivity contribution in [2.45, 2.75) is 66.5 Å². The van der Waals surface area contributed by atoms with Crippen molar-refractivity contribution in [1.29, 1.82) is 0 Å². The number of halogens is 1. The Morgan fingerprint density at radius 1 is 1.21 bits per heavy atom. The minimum absolute atomic E-state index is 0. The molecule has 162 valence electrons. The van der Waals surface area contributed by atoms with Crippen molar-refractivity contribution in [3.8, 4) is 5.75 Å². The van der Waals surface area contributed by atoms with E-state index >= 15 is 0 Å². The first-order chi connectivity index (χ1) is 13.4. The molecule has 0 aliphatic rings. The molecule has 29 heavy (non-hydrogen) atoms. The van der Waals surface area contributed by atoms with Gasteiger partial charge in [0.1, 0.15) is 5.75 Å². The van der Waals surface area contributed by atoms with E-state index in [1.165, 1.54) is 5.56 Å². The first kappa shape index (κ1) is 25.2. The SMILES string of the molecule is CCNC(=NCc1ccc(C)cc1OC(C)C)NCCc1nc(C(C)C)no1.I. The molecule has 0 radical (unpaired) electrons. The Morgan fingerprint density at radius 2 is 1.97 bits per heavy atom. The van der Waals surface area contributed by atoms with Gasteiger partial charge in [0.25, 0.3) is 0 Å². The quantitative estimate of drug-likeness (QED) is 0.296. The maximum absolute atomic E-state index is 5.94. The molecule has 0 saturated carbocycles. The summed E-state index contributed by atoms with van der Waals surface area (Å²) in [6.07, 6.45) is 0.775. The van der Waals surface area contributed by atoms with Gasteiger partial charge >= 0.3 is 0 Å². The van der Waals surface area contributed by atoms with Crippen molar-refractivity contribution in [3.05, 3.63) is 41.0 Å². The smallest absolute Gasteiger partial charge is 0.228 e. The fourth-order valence-electron chi connectivity index (χ4n) is 2.55. The lowest BCUT2D eigenvalue weighted by Crippen LogP contribution is -2.38. The van der Waals surface area contributed by atoms with Crippen molar-refractivity contribution < 1.29 is 9.26 Å². The summed E-state index contributed by atoms with van der Waals surface area (Å²) in [5.41, 5.74) is 2.24. The second kappa shape index (κ2) is 12.7. The average Bonchev–Trinajstić information content (AvgIpc) is 3.09. The van der Waals surface area contributed by atoms with Crippen LogP contribution in [-0.2, 0) is 13.0 Å². The van der Waals surface area contributed by atoms with Gasteiger partial charge < -0.3 is 19.9 Å². The van der Waals surface area contributed by atoms with Crippen molar-refractivity contribution in [3.63, 3.8) is 0 Å². The number of ether oxygens (including phenoxy) is 1. The first-order valence-electron chi connectivity index (χ1n) is 9.99. The van der Waals surface area contributed by atoms with E-state index in [9.17, 15) is 0 Å². The number of aromatic nitrogens is 2. The molecule has 0 bridgehead atoms. The fraction of sp³-hybridized carbons (Fsp3) is 0.571. The largest absolute Gasteiger partial charge is 0.491 e. The zero-order valence-corrected chi connectivity index (χ0v) is 20.6. The van der Waals surface area contributed by atoms with Gasteiger partial charge in [0.05, 0.1) is 12.6 Å². The molecule has 1 heterocycles. The summed E-state index contributed by atoms with van der Waals surface area (Å²) in [5.74, 6) is 3.29. The Bertz CT molecular complexity index is 774. The molecule has 2 N–H and O–H groups in total. The number of aryl methyl sites for hydroxylation is 1. The van der Waals surface area contributed by atoms with Gasteiger partial charge in [-0.15, -0.1) is 24.0 Å². The van der Waals surface area contributed by atoms with Gasteiger partial charge in [-0.2, -0.15) is 4.98 Å². The van der Waals surface area contributed by atoms with Crippen molar-refractivity contribution in [2.75, 3.05) is 13.1 Å². The maximum Gasteiger partial charge on any atom is 0.228 e. The van der Waals surface area contributed by atoms with Crippen molar-refractivity contribution >= 4 is 29.9 Å². The molecule has 0 unspecified atom stereocenters. The highest BCUT2D eigenvalue weighted by molar-refractivity contribution is 14.0. The van der Waals surface area contributed by atoms with E-state index in [1.54, 1.807) is 0 Å². The van der Waals surface area contributed by atoms with Crippen LogP contribution in [0.3, 0.4) is 0 Å². The van der Waals surface area contributed by atoms with Crippen LogP contribution in [0.2, 0.25) is 0 Å². The van der Waals surface area contributed by atoms with Gasteiger partial charge in [0.15, 0.2) is 11.8 Å². The van der Waals surface area contributed by atoms with Gasteiger partial charge in [0, 0.05) is 31.0 Å². The molecular weight excluding hydrogens is 481 g/mol. The molecule has 0 saturated heterocycles. The second-order valence-electron chi connectivity index (χ2n) is 7.35. The van der Waals surface area contributed by atoms with Crippen LogP contribution in [-0.4, -0.2) is 35.3 Å². The van der Waals surface area contributed by atoms with E-state index in [2.05, 4.69) is 45.9 Å². The molecule has 0 atom stereocenters. The maximum atomic E-state index is 5.94. The van der Waals surface area contributed by atoms with Crippen LogP contribution in [0.5, 0.6) is 5.75 Å². The predicted octanol–water partition coefficient (Wildman–Crippen LogP) is 4.20. The number of benzene rings is 1. The summed E-state index contributed by atoms with van der Waals surface area (Å²) in [6, 6.07) is 6.22. The number of nitrogens with zero attached hydrogens (tertiary/aromatic N) is 3. The Morgan fingerprint density at radius 3 is 2.59 bits per heavy atom. The second-order valence-corrected chi connectivity index (χ2v) is 7.35. The Labute approximate surface area is 191 Å². The van der Waals surface area contributed by atoms with E-state index in [-0.39, 0.29) is 36.0 Å². The zero-order chi connectivity index (χ0) is 20.5. The highest BCUT2D eigenvalue weighted by atomic mass is 127. The normalized spacial score (nSPS) is 11.5. The van der Waals surface area contributed by atoms with Gasteiger partial charge in [0.2, 0.25) is 5.89 Å². The Kier molecular flexibility index (Phi) is 11.0. The summed E-state index contributed by atoms with van der Waals surface area (Å²) in [5, 5.41) is 10.6. The molecule has 1 aromatic heterocycles. The number of hydrogen-bond donors (Lipinski definition) is 2. The number of aliphatic imine (C=N–C) groups is 1. The molecule has 7 nitrogen and oxygen atoms in total. The van der Waals surface area contributed by atoms with Crippen LogP contribution in [0, 0.1) is 6.92 Å². The minimum Gasteiger partial charge on any atom is -0.491 e. The topological polar surface area (TPSA) is 84.6 Å². The van der Waals surface area contributed by atoms with E-state index in [1.807, 2.05) is 34.6 Å². The fourth-order valence-corrected chi connectivity index (χ4v) is 2.55. The molecule has 2 rings (SSSR count). The van der Waals surface area contributed by atoms with Gasteiger partial charge in [-0.1, -0.05) is 31.1 Å². The lowest BCUT2D eigenvalue weighted by molar-refractivity contribution is 0.240. The van der Waals surface area contributed by atoms with Gasteiger partial charge in [-0.05, 0) is 39.3 Å². The van der Waals surface area contributed by atoms with E-state index in [0.717, 1.165) is 29.6 Å². The van der Waals surface area contributed by atoms with Crippen LogP contribution in [0.1, 0.15) is 63.4 Å². The summed E-state index contributed by atoms with van der Waals surface area (Å²) < 4.78 is 11.2. The number of rotatable bonds is 9. The van der Waals surface area contributed by atoms with Crippen molar-refractivity contribution in [2.24, 2.45) is 4.99 Å². The molecule has 0 fully saturated rings. The molecule has 0 spiro atoms. The third kappa shape index (κ3) is 8.59. The summed E-state index contributed by atoms with van der Waals surface area (Å²) >= 11 is 0. The number of guanidine groups is 1. The average molecular weight is 515 g/mol. The van der Waals surface area contributed by atoms with Gasteiger partial charge in [-0.25, -0.2) is 4.99 Å². The number of hydrogen-bond acceptors (Lipinski definition) is 5. The lowest BCUT2D eigenvalue weighted by atomic mass is 10.1. The summed E-state index contributed by atoms with van der Waals surface area (Å²) in [7, 11) is 0. The van der Waals surface area contributed by atoms with Crippen LogP contribution >= 0.6 is 24.0 Å². The molecule has 0 aliphatic carbocycles. The Hall–Kier alpha value is -1.84. The van der Waals surface area contributed by atoms with Crippen LogP contribution in [0.15, 0.2) is 27.7 Å². The predicted molar refractivity (Wildman–Crippen MR) is 127 cm³/mol. The van der Waals surface area contributed by atoms with Crippen molar-refractivity contribution in [1.82, 2.24) is 20.8 Å². The molecule has 1 aromatic carbocycles. The first-order valence-corrected chi connectivity index (χ1v) is 9.99.